The SMILES string of the molecule is CN(C)CC(O)CNC1CCC(C)(C)CC1. The standard InChI is InChI=1S/C13H28N2O/c1-13(2)7-5-11(6-8-13)14-9-12(16)10-15(3)4/h11-12,14,16H,5-10H2,1-4H3. The van der Waals surface area contributed by atoms with Crippen LogP contribution in [0.3, 0.4) is 0 Å². The highest BCUT2D eigenvalue weighted by Gasteiger charge is 2.26. The molecule has 2 N–H and O–H groups in total. The molecule has 1 aliphatic rings. The quantitative estimate of drug-likeness (QED) is 0.748. The van der Waals surface area contributed by atoms with Crippen LogP contribution in [0, 0.1) is 5.41 Å². The van der Waals surface area contributed by atoms with E-state index in [0.717, 1.165) is 13.1 Å². The molecule has 96 valence electrons. The third-order valence-electron chi connectivity index (χ3n) is 3.56. The average molecular weight is 228 g/mol. The number of nitrogens with zero attached hydrogens (tertiary/aromatic N) is 1. The second-order valence-corrected chi connectivity index (χ2v) is 6.26. The van der Waals surface area contributed by atoms with E-state index in [-0.39, 0.29) is 6.10 Å². The van der Waals surface area contributed by atoms with Gasteiger partial charge in [-0.05, 0) is 45.2 Å². The van der Waals surface area contributed by atoms with Crippen molar-refractivity contribution in [2.75, 3.05) is 27.2 Å². The number of nitrogens with one attached hydrogen (secondary N) is 1. The van der Waals surface area contributed by atoms with Gasteiger partial charge in [-0.15, -0.1) is 0 Å². The minimum absolute atomic E-state index is 0.245. The molecule has 0 radical (unpaired) electrons. The summed E-state index contributed by atoms with van der Waals surface area (Å²) in [6.45, 7) is 6.17. The van der Waals surface area contributed by atoms with E-state index in [1.807, 2.05) is 19.0 Å². The van der Waals surface area contributed by atoms with Gasteiger partial charge in [-0.25, -0.2) is 0 Å². The normalized spacial score (nSPS) is 23.6. The first-order valence-corrected chi connectivity index (χ1v) is 6.45. The molecule has 0 aromatic carbocycles. The Morgan fingerprint density at radius 2 is 1.88 bits per heavy atom. The van der Waals surface area contributed by atoms with Crippen molar-refractivity contribution in [3.8, 4) is 0 Å². The van der Waals surface area contributed by atoms with Gasteiger partial charge in [-0.3, -0.25) is 0 Å². The largest absolute Gasteiger partial charge is 0.390 e. The number of rotatable bonds is 5. The molecule has 1 saturated carbocycles. The first-order valence-electron chi connectivity index (χ1n) is 6.45. The van der Waals surface area contributed by atoms with Gasteiger partial charge in [-0.2, -0.15) is 0 Å². The van der Waals surface area contributed by atoms with Gasteiger partial charge in [0, 0.05) is 19.1 Å². The number of likely N-dealkylation sites (N-methyl/N-ethyl adjacent to an activating group) is 1. The fourth-order valence-corrected chi connectivity index (χ4v) is 2.39. The molecule has 0 amide bonds. The van der Waals surface area contributed by atoms with Crippen molar-refractivity contribution in [3.05, 3.63) is 0 Å². The maximum absolute atomic E-state index is 9.75. The third-order valence-corrected chi connectivity index (χ3v) is 3.56. The summed E-state index contributed by atoms with van der Waals surface area (Å²) in [5.74, 6) is 0. The van der Waals surface area contributed by atoms with Crippen molar-refractivity contribution in [2.24, 2.45) is 5.41 Å². The molecule has 16 heavy (non-hydrogen) atoms. The van der Waals surface area contributed by atoms with Crippen LogP contribution in [0.2, 0.25) is 0 Å². The Hall–Kier alpha value is -0.120. The van der Waals surface area contributed by atoms with Crippen molar-refractivity contribution in [1.82, 2.24) is 10.2 Å². The van der Waals surface area contributed by atoms with Crippen LogP contribution < -0.4 is 5.32 Å². The lowest BCUT2D eigenvalue weighted by Gasteiger charge is -2.35. The lowest BCUT2D eigenvalue weighted by Crippen LogP contribution is -2.42. The van der Waals surface area contributed by atoms with Crippen LogP contribution in [0.4, 0.5) is 0 Å². The summed E-state index contributed by atoms with van der Waals surface area (Å²) >= 11 is 0. The molecule has 3 heteroatoms. The second-order valence-electron chi connectivity index (χ2n) is 6.26. The van der Waals surface area contributed by atoms with Crippen LogP contribution in [0.15, 0.2) is 0 Å². The second kappa shape index (κ2) is 5.99. The summed E-state index contributed by atoms with van der Waals surface area (Å²) in [4.78, 5) is 2.02. The predicted octanol–water partition coefficient (Wildman–Crippen LogP) is 1.47. The zero-order chi connectivity index (χ0) is 12.2. The first-order chi connectivity index (χ1) is 7.39. The molecule has 1 fully saturated rings. The molecule has 0 heterocycles. The molecule has 3 nitrogen and oxygen atoms in total. The van der Waals surface area contributed by atoms with Gasteiger partial charge in [-0.1, -0.05) is 13.8 Å². The minimum Gasteiger partial charge on any atom is -0.390 e. The zero-order valence-corrected chi connectivity index (χ0v) is 11.3. The Labute approximate surface area is 100 Å². The maximum Gasteiger partial charge on any atom is 0.0791 e. The Morgan fingerprint density at radius 3 is 2.38 bits per heavy atom. The monoisotopic (exact) mass is 228 g/mol. The highest BCUT2D eigenvalue weighted by atomic mass is 16.3. The van der Waals surface area contributed by atoms with Gasteiger partial charge in [0.2, 0.25) is 0 Å². The van der Waals surface area contributed by atoms with Crippen molar-refractivity contribution in [3.63, 3.8) is 0 Å². The van der Waals surface area contributed by atoms with Crippen LogP contribution in [-0.4, -0.2) is 49.3 Å². The van der Waals surface area contributed by atoms with Crippen molar-refractivity contribution < 1.29 is 5.11 Å². The van der Waals surface area contributed by atoms with E-state index in [9.17, 15) is 5.11 Å². The molecule has 0 spiro atoms. The van der Waals surface area contributed by atoms with Crippen LogP contribution >= 0.6 is 0 Å². The van der Waals surface area contributed by atoms with Crippen LogP contribution in [0.5, 0.6) is 0 Å². The van der Waals surface area contributed by atoms with E-state index in [1.54, 1.807) is 0 Å². The molecular formula is C13H28N2O. The Balaban J connectivity index is 2.15. The van der Waals surface area contributed by atoms with Gasteiger partial charge in [0.1, 0.15) is 0 Å². The van der Waals surface area contributed by atoms with Gasteiger partial charge in [0.05, 0.1) is 6.10 Å². The first kappa shape index (κ1) is 13.9. The van der Waals surface area contributed by atoms with E-state index in [4.69, 9.17) is 0 Å². The van der Waals surface area contributed by atoms with Gasteiger partial charge in [0.25, 0.3) is 0 Å². The smallest absolute Gasteiger partial charge is 0.0791 e. The topological polar surface area (TPSA) is 35.5 Å². The lowest BCUT2D eigenvalue weighted by atomic mass is 9.75. The molecule has 1 rings (SSSR count). The molecule has 1 atom stereocenters. The number of hydrogen-bond donors (Lipinski definition) is 2. The summed E-state index contributed by atoms with van der Waals surface area (Å²) in [6, 6.07) is 0.616. The van der Waals surface area contributed by atoms with Crippen LogP contribution in [-0.2, 0) is 0 Å². The summed E-state index contributed by atoms with van der Waals surface area (Å²) in [5.41, 5.74) is 0.528. The Morgan fingerprint density at radius 1 is 1.31 bits per heavy atom. The lowest BCUT2D eigenvalue weighted by molar-refractivity contribution is 0.123. The molecule has 0 aromatic heterocycles. The summed E-state index contributed by atoms with van der Waals surface area (Å²) in [7, 11) is 3.98. The Bertz CT molecular complexity index is 194. The van der Waals surface area contributed by atoms with E-state index in [2.05, 4.69) is 19.2 Å². The molecule has 0 bridgehead atoms. The molecule has 0 aromatic rings. The van der Waals surface area contributed by atoms with E-state index >= 15 is 0 Å². The molecule has 0 saturated heterocycles. The molecular weight excluding hydrogens is 200 g/mol. The summed E-state index contributed by atoms with van der Waals surface area (Å²) < 4.78 is 0. The van der Waals surface area contributed by atoms with Crippen molar-refractivity contribution >= 4 is 0 Å². The Kier molecular flexibility index (Phi) is 5.22. The fourth-order valence-electron chi connectivity index (χ4n) is 2.39. The minimum atomic E-state index is -0.245. The van der Waals surface area contributed by atoms with Crippen LogP contribution in [0.1, 0.15) is 39.5 Å². The maximum atomic E-state index is 9.75. The highest BCUT2D eigenvalue weighted by molar-refractivity contribution is 4.82. The fraction of sp³-hybridized carbons (Fsp3) is 1.00. The van der Waals surface area contributed by atoms with Gasteiger partial charge < -0.3 is 15.3 Å². The summed E-state index contributed by atoms with van der Waals surface area (Å²) in [6.07, 6.45) is 4.86. The molecule has 0 aliphatic heterocycles. The van der Waals surface area contributed by atoms with E-state index in [1.165, 1.54) is 25.7 Å². The van der Waals surface area contributed by atoms with Gasteiger partial charge in [0.15, 0.2) is 0 Å². The van der Waals surface area contributed by atoms with Crippen molar-refractivity contribution in [2.45, 2.75) is 51.7 Å². The van der Waals surface area contributed by atoms with Crippen LogP contribution in [0.25, 0.3) is 0 Å². The molecule has 1 aliphatic carbocycles. The predicted molar refractivity (Wildman–Crippen MR) is 68.6 cm³/mol. The van der Waals surface area contributed by atoms with Gasteiger partial charge >= 0.3 is 0 Å². The summed E-state index contributed by atoms with van der Waals surface area (Å²) in [5, 5.41) is 13.2. The number of hydrogen-bond acceptors (Lipinski definition) is 3. The van der Waals surface area contributed by atoms with E-state index in [0.29, 0.717) is 11.5 Å². The van der Waals surface area contributed by atoms with E-state index < -0.39 is 0 Å². The average Bonchev–Trinajstić information content (AvgIpc) is 2.15. The number of aliphatic hydroxyl groups excluding tert-OH is 1. The zero-order valence-electron chi connectivity index (χ0n) is 11.3. The number of aliphatic hydroxyl groups is 1. The highest BCUT2D eigenvalue weighted by Crippen LogP contribution is 2.34. The van der Waals surface area contributed by atoms with Crippen molar-refractivity contribution in [1.29, 1.82) is 0 Å². The molecule has 1 unspecified atom stereocenters. The third kappa shape index (κ3) is 5.28.